The molecule has 4 aromatic rings. The number of benzene rings is 4. The third-order valence-corrected chi connectivity index (χ3v) is 7.51. The van der Waals surface area contributed by atoms with Crippen molar-refractivity contribution >= 4 is 29.0 Å². The molecule has 1 saturated carbocycles. The predicted molar refractivity (Wildman–Crippen MR) is 138 cm³/mol. The Morgan fingerprint density at radius 3 is 1.76 bits per heavy atom. The number of hydrogen-bond acceptors (Lipinski definition) is 2. The number of halogens is 2. The van der Waals surface area contributed by atoms with Gasteiger partial charge in [-0.3, -0.25) is 4.79 Å². The van der Waals surface area contributed by atoms with Crippen molar-refractivity contribution < 1.29 is 9.90 Å². The van der Waals surface area contributed by atoms with E-state index in [1.54, 1.807) is 0 Å². The molecule has 0 saturated heterocycles. The normalized spacial score (nSPS) is 24.1. The molecule has 0 unspecified atom stereocenters. The van der Waals surface area contributed by atoms with Gasteiger partial charge in [-0.1, -0.05) is 108 Å². The van der Waals surface area contributed by atoms with E-state index in [1.165, 1.54) is 0 Å². The lowest BCUT2D eigenvalue weighted by molar-refractivity contribution is -0.000254. The Balaban J connectivity index is 1.72. The highest BCUT2D eigenvalue weighted by Gasteiger charge is 2.57. The Morgan fingerprint density at radius 1 is 0.706 bits per heavy atom. The molecule has 2 nitrogen and oxygen atoms in total. The SMILES string of the molecule is O=C(c1ccccc1)[C@H]1[C@H](c2ccc(Cl)cc2)[C@@H](c2ccc(Cl)cc2)C[C@@]1(O)c1ccccc1. The summed E-state index contributed by atoms with van der Waals surface area (Å²) in [7, 11) is 0. The summed E-state index contributed by atoms with van der Waals surface area (Å²) in [6.07, 6.45) is 0.412. The lowest BCUT2D eigenvalue weighted by Crippen LogP contribution is -2.37. The monoisotopic (exact) mass is 486 g/mol. The summed E-state index contributed by atoms with van der Waals surface area (Å²) in [6.45, 7) is 0. The molecular formula is C30H24Cl2O2. The molecule has 0 bridgehead atoms. The fraction of sp³-hybridized carbons (Fsp3) is 0.167. The van der Waals surface area contributed by atoms with Gasteiger partial charge in [0, 0.05) is 21.5 Å². The Kier molecular flexibility index (Phi) is 6.31. The van der Waals surface area contributed by atoms with Crippen molar-refractivity contribution in [3.63, 3.8) is 0 Å². The molecule has 0 heterocycles. The first-order valence-corrected chi connectivity index (χ1v) is 12.1. The Hall–Kier alpha value is -2.91. The van der Waals surface area contributed by atoms with Crippen LogP contribution in [0.4, 0.5) is 0 Å². The summed E-state index contributed by atoms with van der Waals surface area (Å²) >= 11 is 12.4. The van der Waals surface area contributed by atoms with Crippen molar-refractivity contribution in [1.82, 2.24) is 0 Å². The molecule has 0 aliphatic heterocycles. The van der Waals surface area contributed by atoms with Crippen LogP contribution in [0.15, 0.2) is 109 Å². The minimum atomic E-state index is -1.34. The minimum Gasteiger partial charge on any atom is -0.384 e. The van der Waals surface area contributed by atoms with Crippen LogP contribution in [0.5, 0.6) is 0 Å². The molecule has 34 heavy (non-hydrogen) atoms. The molecule has 1 aliphatic carbocycles. The van der Waals surface area contributed by atoms with Gasteiger partial charge in [0.1, 0.15) is 5.60 Å². The molecule has 0 amide bonds. The van der Waals surface area contributed by atoms with E-state index < -0.39 is 11.5 Å². The molecule has 0 aromatic heterocycles. The van der Waals surface area contributed by atoms with E-state index in [0.29, 0.717) is 22.0 Å². The van der Waals surface area contributed by atoms with Crippen molar-refractivity contribution in [3.05, 3.63) is 141 Å². The predicted octanol–water partition coefficient (Wildman–Crippen LogP) is 7.65. The Morgan fingerprint density at radius 2 is 1.21 bits per heavy atom. The molecule has 1 N–H and O–H groups in total. The Bertz CT molecular complexity index is 1270. The molecule has 5 rings (SSSR count). The van der Waals surface area contributed by atoms with Gasteiger partial charge in [-0.15, -0.1) is 0 Å². The van der Waals surface area contributed by atoms with E-state index in [9.17, 15) is 9.90 Å². The third kappa shape index (κ3) is 4.18. The van der Waals surface area contributed by atoms with Gasteiger partial charge in [0.05, 0.1) is 5.92 Å². The highest BCUT2D eigenvalue weighted by atomic mass is 35.5. The number of ketones is 1. The van der Waals surface area contributed by atoms with E-state index in [2.05, 4.69) is 0 Å². The van der Waals surface area contributed by atoms with Crippen molar-refractivity contribution in [2.24, 2.45) is 5.92 Å². The zero-order valence-corrected chi connectivity index (χ0v) is 20.0. The van der Waals surface area contributed by atoms with Crippen molar-refractivity contribution in [2.75, 3.05) is 0 Å². The van der Waals surface area contributed by atoms with Crippen LogP contribution in [0.2, 0.25) is 10.0 Å². The van der Waals surface area contributed by atoms with Gasteiger partial charge in [0.2, 0.25) is 0 Å². The van der Waals surface area contributed by atoms with E-state index >= 15 is 0 Å². The molecule has 0 spiro atoms. The van der Waals surface area contributed by atoms with Gasteiger partial charge < -0.3 is 5.11 Å². The highest BCUT2D eigenvalue weighted by molar-refractivity contribution is 6.30. The zero-order valence-electron chi connectivity index (χ0n) is 18.4. The molecule has 1 aliphatic rings. The molecule has 4 aromatic carbocycles. The smallest absolute Gasteiger partial charge is 0.169 e. The Labute approximate surface area is 209 Å². The maximum atomic E-state index is 14.1. The second kappa shape index (κ2) is 9.38. The lowest BCUT2D eigenvalue weighted by Gasteiger charge is -2.32. The minimum absolute atomic E-state index is 0.0663. The van der Waals surface area contributed by atoms with Crippen molar-refractivity contribution in [2.45, 2.75) is 23.9 Å². The first-order valence-electron chi connectivity index (χ1n) is 11.4. The number of carbonyl (C=O) groups excluding carboxylic acids is 1. The summed E-state index contributed by atoms with van der Waals surface area (Å²) in [4.78, 5) is 14.1. The summed E-state index contributed by atoms with van der Waals surface area (Å²) in [5.74, 6) is -1.10. The van der Waals surface area contributed by atoms with Crippen LogP contribution in [0, 0.1) is 5.92 Å². The topological polar surface area (TPSA) is 37.3 Å². The van der Waals surface area contributed by atoms with Gasteiger partial charge in [-0.25, -0.2) is 0 Å². The van der Waals surface area contributed by atoms with Crippen molar-refractivity contribution in [3.8, 4) is 0 Å². The molecule has 0 radical (unpaired) electrons. The summed E-state index contributed by atoms with van der Waals surface area (Å²) in [5.41, 5.74) is 2.02. The first kappa shape index (κ1) is 22.9. The first-order chi connectivity index (χ1) is 16.5. The summed E-state index contributed by atoms with van der Waals surface area (Å²) < 4.78 is 0. The third-order valence-electron chi connectivity index (χ3n) is 7.01. The average molecular weight is 487 g/mol. The van der Waals surface area contributed by atoms with Gasteiger partial charge in [-0.2, -0.15) is 0 Å². The van der Waals surface area contributed by atoms with E-state index in [-0.39, 0.29) is 17.6 Å². The van der Waals surface area contributed by atoms with E-state index in [4.69, 9.17) is 23.2 Å². The van der Waals surface area contributed by atoms with Crippen LogP contribution in [0.1, 0.15) is 45.3 Å². The van der Waals surface area contributed by atoms with Crippen LogP contribution in [-0.4, -0.2) is 10.9 Å². The molecule has 1 fully saturated rings. The number of rotatable bonds is 5. The summed E-state index contributed by atoms with van der Waals surface area (Å²) in [5, 5.41) is 13.6. The molecule has 4 heteroatoms. The number of carbonyl (C=O) groups is 1. The second-order valence-corrected chi connectivity index (χ2v) is 9.81. The van der Waals surface area contributed by atoms with Crippen molar-refractivity contribution in [1.29, 1.82) is 0 Å². The largest absolute Gasteiger partial charge is 0.384 e. The highest BCUT2D eigenvalue weighted by Crippen LogP contribution is 2.59. The van der Waals surface area contributed by atoms with Crippen LogP contribution in [-0.2, 0) is 5.60 Å². The van der Waals surface area contributed by atoms with Crippen LogP contribution in [0.25, 0.3) is 0 Å². The quantitative estimate of drug-likeness (QED) is 0.294. The fourth-order valence-electron chi connectivity index (χ4n) is 5.45. The van der Waals surface area contributed by atoms with Crippen LogP contribution in [0.3, 0.4) is 0 Å². The maximum absolute atomic E-state index is 14.1. The maximum Gasteiger partial charge on any atom is 0.169 e. The van der Waals surface area contributed by atoms with E-state index in [0.717, 1.165) is 16.7 Å². The van der Waals surface area contributed by atoms with E-state index in [1.807, 2.05) is 109 Å². The van der Waals surface area contributed by atoms with Gasteiger partial charge >= 0.3 is 0 Å². The fourth-order valence-corrected chi connectivity index (χ4v) is 5.70. The number of hydrogen-bond donors (Lipinski definition) is 1. The summed E-state index contributed by atoms with van der Waals surface area (Å²) in [6, 6.07) is 34.2. The molecule has 170 valence electrons. The van der Waals surface area contributed by atoms with Crippen LogP contribution >= 0.6 is 23.2 Å². The molecule has 4 atom stereocenters. The van der Waals surface area contributed by atoms with Gasteiger partial charge in [-0.05, 0) is 53.3 Å². The molecular weight excluding hydrogens is 463 g/mol. The lowest BCUT2D eigenvalue weighted by atomic mass is 9.73. The van der Waals surface area contributed by atoms with Gasteiger partial charge in [0.15, 0.2) is 5.78 Å². The van der Waals surface area contributed by atoms with Gasteiger partial charge in [0.25, 0.3) is 0 Å². The standard InChI is InChI=1S/C30H24Cl2O2/c31-24-15-11-20(12-16-24)26-19-30(34,23-9-5-2-6-10-23)28(29(33)22-7-3-1-4-8-22)27(26)21-13-17-25(32)18-14-21/h1-18,26-28,34H,19H2/t26-,27-,28-,30-/m1/s1. The average Bonchev–Trinajstić information content (AvgIpc) is 3.20. The van der Waals surface area contributed by atoms with Crippen LogP contribution < -0.4 is 0 Å². The zero-order chi connectivity index (χ0) is 23.7. The number of aliphatic hydroxyl groups is 1. The second-order valence-electron chi connectivity index (χ2n) is 8.94. The number of Topliss-reactive ketones (excluding diaryl/α,β-unsaturated/α-hetero) is 1.